The number of urea groups is 1. The average molecular weight is 171 g/mol. The molecule has 0 aromatic heterocycles. The minimum absolute atomic E-state index is 0.0196. The van der Waals surface area contributed by atoms with Gasteiger partial charge >= 0.3 is 12.0 Å². The third-order valence-electron chi connectivity index (χ3n) is 1.62. The van der Waals surface area contributed by atoms with Crippen LogP contribution in [0, 0.1) is 5.92 Å². The molecule has 1 aliphatic heterocycles. The summed E-state index contributed by atoms with van der Waals surface area (Å²) in [6.45, 7) is 1.92. The van der Waals surface area contributed by atoms with Crippen molar-refractivity contribution in [3.8, 4) is 0 Å². The topological polar surface area (TPSA) is 96.0 Å². The van der Waals surface area contributed by atoms with Gasteiger partial charge in [-0.1, -0.05) is 6.92 Å². The molecule has 2 amide bonds. The van der Waals surface area contributed by atoms with Crippen LogP contribution in [0.15, 0.2) is 5.10 Å². The van der Waals surface area contributed by atoms with E-state index in [0.717, 1.165) is 5.01 Å². The van der Waals surface area contributed by atoms with Crippen molar-refractivity contribution in [2.45, 2.75) is 6.92 Å². The molecule has 6 nitrogen and oxygen atoms in total. The number of hydrogen-bond donors (Lipinski definition) is 2. The number of hydrogen-bond acceptors (Lipinski definition) is 3. The number of rotatable bonds is 1. The summed E-state index contributed by atoms with van der Waals surface area (Å²) in [6.07, 6.45) is 0. The van der Waals surface area contributed by atoms with E-state index < -0.39 is 12.0 Å². The van der Waals surface area contributed by atoms with Gasteiger partial charge in [0.15, 0.2) is 5.71 Å². The minimum atomic E-state index is -1.11. The van der Waals surface area contributed by atoms with Crippen LogP contribution in [-0.2, 0) is 4.79 Å². The van der Waals surface area contributed by atoms with Gasteiger partial charge in [0, 0.05) is 5.92 Å². The molecule has 1 aliphatic rings. The molecule has 12 heavy (non-hydrogen) atoms. The van der Waals surface area contributed by atoms with Crippen molar-refractivity contribution in [2.24, 2.45) is 16.8 Å². The number of aliphatic carboxylic acids is 1. The maximum atomic E-state index is 10.6. The number of carboxylic acid groups (broad SMARTS) is 1. The van der Waals surface area contributed by atoms with Gasteiger partial charge in [0.05, 0.1) is 6.54 Å². The quantitative estimate of drug-likeness (QED) is 0.554. The van der Waals surface area contributed by atoms with Crippen molar-refractivity contribution in [1.82, 2.24) is 5.01 Å². The van der Waals surface area contributed by atoms with Crippen molar-refractivity contribution >= 4 is 17.7 Å². The van der Waals surface area contributed by atoms with Gasteiger partial charge in [-0.05, 0) is 0 Å². The summed E-state index contributed by atoms with van der Waals surface area (Å²) in [7, 11) is 0. The number of primary amides is 1. The molecule has 0 aromatic rings. The Balaban J connectivity index is 2.81. The van der Waals surface area contributed by atoms with Gasteiger partial charge in [0.1, 0.15) is 0 Å². The number of nitrogens with two attached hydrogens (primary N) is 1. The number of amides is 2. The molecule has 0 radical (unpaired) electrons. The van der Waals surface area contributed by atoms with E-state index in [0.29, 0.717) is 0 Å². The molecule has 1 atom stereocenters. The van der Waals surface area contributed by atoms with Crippen LogP contribution in [0.2, 0.25) is 0 Å². The molecule has 0 saturated heterocycles. The molecule has 0 aliphatic carbocycles. The number of hydrazone groups is 1. The second-order valence-electron chi connectivity index (χ2n) is 2.61. The van der Waals surface area contributed by atoms with Gasteiger partial charge in [-0.25, -0.2) is 14.6 Å². The predicted octanol–water partition coefficient (Wildman–Crippen LogP) is -0.543. The molecular weight excluding hydrogens is 162 g/mol. The van der Waals surface area contributed by atoms with Crippen molar-refractivity contribution < 1.29 is 14.7 Å². The summed E-state index contributed by atoms with van der Waals surface area (Å²) in [5.74, 6) is -1.36. The molecule has 1 unspecified atom stereocenters. The highest BCUT2D eigenvalue weighted by atomic mass is 16.4. The lowest BCUT2D eigenvalue weighted by molar-refractivity contribution is -0.129. The standard InChI is InChI=1S/C6H9N3O3/c1-3-2-9(6(7)12)8-4(3)5(10)11/h3H,2H2,1H3,(H2,7,12)(H,10,11). The lowest BCUT2D eigenvalue weighted by Gasteiger charge is -2.06. The second kappa shape index (κ2) is 2.80. The Labute approximate surface area is 68.6 Å². The lowest BCUT2D eigenvalue weighted by atomic mass is 10.1. The van der Waals surface area contributed by atoms with E-state index in [9.17, 15) is 9.59 Å². The third kappa shape index (κ3) is 1.36. The smallest absolute Gasteiger partial charge is 0.352 e. The molecular formula is C6H9N3O3. The fourth-order valence-corrected chi connectivity index (χ4v) is 1.01. The van der Waals surface area contributed by atoms with Crippen molar-refractivity contribution in [3.63, 3.8) is 0 Å². The van der Waals surface area contributed by atoms with Crippen LogP contribution >= 0.6 is 0 Å². The van der Waals surface area contributed by atoms with Crippen LogP contribution in [0.1, 0.15) is 6.92 Å². The van der Waals surface area contributed by atoms with Crippen LogP contribution in [0.5, 0.6) is 0 Å². The largest absolute Gasteiger partial charge is 0.477 e. The molecule has 0 spiro atoms. The zero-order chi connectivity index (χ0) is 9.30. The Bertz CT molecular complexity index is 261. The monoisotopic (exact) mass is 171 g/mol. The average Bonchev–Trinajstić information content (AvgIpc) is 2.30. The summed E-state index contributed by atoms with van der Waals surface area (Å²) in [6, 6.07) is -0.724. The van der Waals surface area contributed by atoms with Crippen LogP contribution in [0.25, 0.3) is 0 Å². The zero-order valence-corrected chi connectivity index (χ0v) is 6.52. The Kier molecular flexibility index (Phi) is 1.99. The van der Waals surface area contributed by atoms with E-state index in [-0.39, 0.29) is 18.2 Å². The highest BCUT2D eigenvalue weighted by Crippen LogP contribution is 2.12. The molecule has 1 rings (SSSR count). The van der Waals surface area contributed by atoms with Gasteiger partial charge in [0.2, 0.25) is 0 Å². The summed E-state index contributed by atoms with van der Waals surface area (Å²) in [5.41, 5.74) is 4.89. The van der Waals surface area contributed by atoms with Crippen molar-refractivity contribution in [1.29, 1.82) is 0 Å². The van der Waals surface area contributed by atoms with Gasteiger partial charge in [-0.2, -0.15) is 5.10 Å². The molecule has 0 bridgehead atoms. The molecule has 0 aromatic carbocycles. The SMILES string of the molecule is CC1CN(C(N)=O)N=C1C(=O)O. The van der Waals surface area contributed by atoms with E-state index in [2.05, 4.69) is 5.10 Å². The van der Waals surface area contributed by atoms with Gasteiger partial charge in [-0.15, -0.1) is 0 Å². The Morgan fingerprint density at radius 3 is 2.58 bits per heavy atom. The fourth-order valence-electron chi connectivity index (χ4n) is 1.01. The molecule has 6 heteroatoms. The first-order valence-electron chi connectivity index (χ1n) is 3.41. The molecule has 1 heterocycles. The van der Waals surface area contributed by atoms with Gasteiger partial charge in [0.25, 0.3) is 0 Å². The number of carbonyl (C=O) groups excluding carboxylic acids is 1. The zero-order valence-electron chi connectivity index (χ0n) is 6.52. The molecule has 66 valence electrons. The maximum Gasteiger partial charge on any atom is 0.352 e. The first-order chi connectivity index (χ1) is 5.52. The number of carboxylic acids is 1. The Morgan fingerprint density at radius 1 is 1.75 bits per heavy atom. The summed E-state index contributed by atoms with van der Waals surface area (Å²) < 4.78 is 0. The lowest BCUT2D eigenvalue weighted by Crippen LogP contribution is -2.30. The van der Waals surface area contributed by atoms with Crippen LogP contribution in [0.3, 0.4) is 0 Å². The Hall–Kier alpha value is -1.59. The van der Waals surface area contributed by atoms with Crippen LogP contribution < -0.4 is 5.73 Å². The maximum absolute atomic E-state index is 10.6. The second-order valence-corrected chi connectivity index (χ2v) is 2.61. The number of carbonyl (C=O) groups is 2. The Morgan fingerprint density at radius 2 is 2.33 bits per heavy atom. The summed E-state index contributed by atoms with van der Waals surface area (Å²) in [4.78, 5) is 21.0. The summed E-state index contributed by atoms with van der Waals surface area (Å²) >= 11 is 0. The van der Waals surface area contributed by atoms with E-state index in [1.165, 1.54) is 0 Å². The minimum Gasteiger partial charge on any atom is -0.477 e. The fraction of sp³-hybridized carbons (Fsp3) is 0.500. The van der Waals surface area contributed by atoms with E-state index in [1.54, 1.807) is 6.92 Å². The number of nitrogens with zero attached hydrogens (tertiary/aromatic N) is 2. The van der Waals surface area contributed by atoms with Crippen LogP contribution in [-0.4, -0.2) is 34.4 Å². The first-order valence-corrected chi connectivity index (χ1v) is 3.41. The molecule has 0 saturated carbocycles. The first kappa shape index (κ1) is 8.51. The van der Waals surface area contributed by atoms with E-state index in [1.807, 2.05) is 0 Å². The van der Waals surface area contributed by atoms with E-state index >= 15 is 0 Å². The van der Waals surface area contributed by atoms with Gasteiger partial charge < -0.3 is 10.8 Å². The van der Waals surface area contributed by atoms with Gasteiger partial charge in [-0.3, -0.25) is 0 Å². The van der Waals surface area contributed by atoms with Crippen molar-refractivity contribution in [2.75, 3.05) is 6.54 Å². The highest BCUT2D eigenvalue weighted by Gasteiger charge is 2.29. The van der Waals surface area contributed by atoms with Crippen LogP contribution in [0.4, 0.5) is 4.79 Å². The third-order valence-corrected chi connectivity index (χ3v) is 1.62. The normalized spacial score (nSPS) is 22.2. The van der Waals surface area contributed by atoms with Crippen molar-refractivity contribution in [3.05, 3.63) is 0 Å². The highest BCUT2D eigenvalue weighted by molar-refractivity contribution is 6.37. The predicted molar refractivity (Wildman–Crippen MR) is 40.5 cm³/mol. The summed E-state index contributed by atoms with van der Waals surface area (Å²) in [5, 5.41) is 13.1. The van der Waals surface area contributed by atoms with E-state index in [4.69, 9.17) is 10.8 Å². The molecule has 0 fully saturated rings. The molecule has 3 N–H and O–H groups in total.